The molecule has 0 spiro atoms. The topological polar surface area (TPSA) is 35.5 Å². The second-order valence-corrected chi connectivity index (χ2v) is 4.44. The molecular weight excluding hydrogens is 264 g/mol. The van der Waals surface area contributed by atoms with Crippen molar-refractivity contribution in [1.29, 1.82) is 0 Å². The Hall–Kier alpha value is -2.73. The lowest BCUT2D eigenvalue weighted by atomic mass is 10.1. The lowest BCUT2D eigenvalue weighted by Crippen LogP contribution is -2.06. The molecule has 3 nitrogen and oxygen atoms in total. The third-order valence-electron chi connectivity index (χ3n) is 2.95. The number of hydrogen-bond donors (Lipinski definition) is 0. The summed E-state index contributed by atoms with van der Waals surface area (Å²) in [6, 6.07) is 16.7. The molecule has 0 aliphatic rings. The summed E-state index contributed by atoms with van der Waals surface area (Å²) in [6.07, 6.45) is -0.353. The van der Waals surface area contributed by atoms with Crippen molar-refractivity contribution in [3.63, 3.8) is 0 Å². The summed E-state index contributed by atoms with van der Waals surface area (Å²) in [5, 5.41) is 0. The predicted octanol–water partition coefficient (Wildman–Crippen LogP) is 3.35. The average Bonchev–Trinajstić information content (AvgIpc) is 2.54. The first-order chi connectivity index (χ1) is 10.2. The number of benzene rings is 2. The van der Waals surface area contributed by atoms with Crippen LogP contribution in [0.15, 0.2) is 54.6 Å². The maximum absolute atomic E-state index is 11.7. The number of methoxy groups -OCH3 is 1. The number of ether oxygens (including phenoxy) is 2. The van der Waals surface area contributed by atoms with E-state index in [4.69, 9.17) is 9.47 Å². The van der Waals surface area contributed by atoms with Gasteiger partial charge >= 0.3 is 5.97 Å². The third-order valence-corrected chi connectivity index (χ3v) is 2.95. The van der Waals surface area contributed by atoms with Crippen LogP contribution in [0.3, 0.4) is 0 Å². The highest BCUT2D eigenvalue weighted by Crippen LogP contribution is 2.20. The zero-order valence-electron chi connectivity index (χ0n) is 12.0. The van der Waals surface area contributed by atoms with Gasteiger partial charge in [-0.2, -0.15) is 0 Å². The van der Waals surface area contributed by atoms with Crippen LogP contribution in [0.2, 0.25) is 0 Å². The van der Waals surface area contributed by atoms with E-state index < -0.39 is 5.97 Å². The van der Waals surface area contributed by atoms with E-state index in [0.29, 0.717) is 0 Å². The molecule has 2 aromatic rings. The summed E-state index contributed by atoms with van der Waals surface area (Å²) < 4.78 is 10.4. The minimum absolute atomic E-state index is 0.353. The van der Waals surface area contributed by atoms with E-state index >= 15 is 0 Å². The first-order valence-electron chi connectivity index (χ1n) is 6.60. The molecule has 0 fully saturated rings. The molecule has 0 amide bonds. The molecule has 0 heterocycles. The minimum Gasteiger partial charge on any atom is -0.497 e. The van der Waals surface area contributed by atoms with Crippen LogP contribution < -0.4 is 4.74 Å². The fourth-order valence-electron chi connectivity index (χ4n) is 1.78. The Morgan fingerprint density at radius 3 is 2.33 bits per heavy atom. The van der Waals surface area contributed by atoms with E-state index in [-0.39, 0.29) is 6.10 Å². The number of hydrogen-bond acceptors (Lipinski definition) is 3. The predicted molar refractivity (Wildman–Crippen MR) is 80.8 cm³/mol. The van der Waals surface area contributed by atoms with Gasteiger partial charge < -0.3 is 9.47 Å². The minimum atomic E-state index is -0.540. The van der Waals surface area contributed by atoms with Gasteiger partial charge in [0, 0.05) is 11.5 Å². The quantitative estimate of drug-likeness (QED) is 0.639. The molecule has 0 N–H and O–H groups in total. The standard InChI is InChI=1S/C18H16O3/c1-14(16-9-11-17(20-2)12-10-16)21-18(19)13-8-15-6-4-3-5-7-15/h3-7,9-12,14H,1-2H3. The molecule has 0 aliphatic carbocycles. The molecule has 1 unspecified atom stereocenters. The Morgan fingerprint density at radius 1 is 1.05 bits per heavy atom. The molecule has 2 aromatic carbocycles. The van der Waals surface area contributed by atoms with Crippen LogP contribution in [0.1, 0.15) is 24.2 Å². The van der Waals surface area contributed by atoms with Crippen LogP contribution in [0.25, 0.3) is 0 Å². The third kappa shape index (κ3) is 4.39. The fourth-order valence-corrected chi connectivity index (χ4v) is 1.78. The van der Waals surface area contributed by atoms with Crippen molar-refractivity contribution in [2.24, 2.45) is 0 Å². The molecule has 106 valence electrons. The van der Waals surface area contributed by atoms with Gasteiger partial charge in [-0.05, 0) is 36.8 Å². The lowest BCUT2D eigenvalue weighted by molar-refractivity contribution is -0.141. The number of rotatable bonds is 3. The highest BCUT2D eigenvalue weighted by Gasteiger charge is 2.09. The Morgan fingerprint density at radius 2 is 1.71 bits per heavy atom. The molecule has 0 radical (unpaired) electrons. The second kappa shape index (κ2) is 7.16. The molecule has 1 atom stereocenters. The molecule has 2 rings (SSSR count). The molecule has 3 heteroatoms. The molecule has 0 aliphatic heterocycles. The summed E-state index contributed by atoms with van der Waals surface area (Å²) in [7, 11) is 1.61. The van der Waals surface area contributed by atoms with E-state index in [2.05, 4.69) is 11.8 Å². The van der Waals surface area contributed by atoms with E-state index in [1.54, 1.807) is 7.11 Å². The smallest absolute Gasteiger partial charge is 0.385 e. The summed E-state index contributed by atoms with van der Waals surface area (Å²) in [5.41, 5.74) is 1.68. The van der Waals surface area contributed by atoms with Crippen molar-refractivity contribution in [1.82, 2.24) is 0 Å². The van der Waals surface area contributed by atoms with Gasteiger partial charge in [0.1, 0.15) is 11.9 Å². The van der Waals surface area contributed by atoms with Gasteiger partial charge in [0.2, 0.25) is 0 Å². The van der Waals surface area contributed by atoms with Crippen LogP contribution >= 0.6 is 0 Å². The highest BCUT2D eigenvalue weighted by atomic mass is 16.5. The Labute approximate surface area is 124 Å². The second-order valence-electron chi connectivity index (χ2n) is 4.44. The summed E-state index contributed by atoms with van der Waals surface area (Å²) in [5.74, 6) is 5.49. The van der Waals surface area contributed by atoms with Crippen molar-refractivity contribution in [3.05, 3.63) is 65.7 Å². The van der Waals surface area contributed by atoms with Crippen molar-refractivity contribution < 1.29 is 14.3 Å². The van der Waals surface area contributed by atoms with Crippen molar-refractivity contribution in [3.8, 4) is 17.6 Å². The van der Waals surface area contributed by atoms with Crippen LogP contribution in [0.5, 0.6) is 5.75 Å². The van der Waals surface area contributed by atoms with Gasteiger partial charge in [-0.3, -0.25) is 0 Å². The summed E-state index contributed by atoms with van der Waals surface area (Å²) >= 11 is 0. The largest absolute Gasteiger partial charge is 0.497 e. The fraction of sp³-hybridized carbons (Fsp3) is 0.167. The zero-order chi connectivity index (χ0) is 15.1. The molecule has 0 saturated carbocycles. The van der Waals surface area contributed by atoms with E-state index in [9.17, 15) is 4.79 Å². The Kier molecular flexibility index (Phi) is 5.00. The SMILES string of the molecule is COc1ccc(C(C)OC(=O)C#Cc2ccccc2)cc1. The van der Waals surface area contributed by atoms with Crippen LogP contribution in [-0.4, -0.2) is 13.1 Å². The van der Waals surface area contributed by atoms with Crippen molar-refractivity contribution in [2.75, 3.05) is 7.11 Å². The van der Waals surface area contributed by atoms with E-state index in [1.165, 1.54) is 0 Å². The number of carbonyl (C=O) groups excluding carboxylic acids is 1. The van der Waals surface area contributed by atoms with Gasteiger partial charge in [-0.25, -0.2) is 4.79 Å². The maximum atomic E-state index is 11.7. The molecular formula is C18H16O3. The van der Waals surface area contributed by atoms with Crippen LogP contribution in [0.4, 0.5) is 0 Å². The average molecular weight is 280 g/mol. The first kappa shape index (κ1) is 14.7. The van der Waals surface area contributed by atoms with Gasteiger partial charge in [0.05, 0.1) is 7.11 Å². The highest BCUT2D eigenvalue weighted by molar-refractivity contribution is 5.89. The number of esters is 1. The maximum Gasteiger partial charge on any atom is 0.385 e. The van der Waals surface area contributed by atoms with Crippen molar-refractivity contribution >= 4 is 5.97 Å². The van der Waals surface area contributed by atoms with Gasteiger partial charge in [0.15, 0.2) is 0 Å². The zero-order valence-corrected chi connectivity index (χ0v) is 12.0. The molecule has 21 heavy (non-hydrogen) atoms. The monoisotopic (exact) mass is 280 g/mol. The molecule has 0 bridgehead atoms. The van der Waals surface area contributed by atoms with Crippen molar-refractivity contribution in [2.45, 2.75) is 13.0 Å². The van der Waals surface area contributed by atoms with Gasteiger partial charge in [0.25, 0.3) is 0 Å². The Balaban J connectivity index is 1.97. The van der Waals surface area contributed by atoms with Gasteiger partial charge in [-0.15, -0.1) is 0 Å². The Bertz CT molecular complexity index is 648. The van der Waals surface area contributed by atoms with E-state index in [1.807, 2.05) is 61.5 Å². The van der Waals surface area contributed by atoms with Gasteiger partial charge in [-0.1, -0.05) is 36.3 Å². The molecule has 0 saturated heterocycles. The van der Waals surface area contributed by atoms with Crippen LogP contribution in [-0.2, 0) is 9.53 Å². The summed E-state index contributed by atoms with van der Waals surface area (Å²) in [4.78, 5) is 11.7. The normalized spacial score (nSPS) is 11.0. The van der Waals surface area contributed by atoms with Crippen LogP contribution in [0, 0.1) is 11.8 Å². The lowest BCUT2D eigenvalue weighted by Gasteiger charge is -2.11. The number of carbonyl (C=O) groups is 1. The summed E-state index contributed by atoms with van der Waals surface area (Å²) in [6.45, 7) is 1.81. The molecule has 0 aromatic heterocycles. The van der Waals surface area contributed by atoms with E-state index in [0.717, 1.165) is 16.9 Å². The first-order valence-corrected chi connectivity index (χ1v) is 6.60.